The number of amides is 1. The van der Waals surface area contributed by atoms with Gasteiger partial charge in [0.15, 0.2) is 0 Å². The minimum atomic E-state index is -0.101. The van der Waals surface area contributed by atoms with Crippen LogP contribution in [0.5, 0.6) is 0 Å². The van der Waals surface area contributed by atoms with E-state index in [1.807, 2.05) is 6.92 Å². The summed E-state index contributed by atoms with van der Waals surface area (Å²) < 4.78 is 0. The van der Waals surface area contributed by atoms with Crippen LogP contribution in [0.4, 0.5) is 0 Å². The van der Waals surface area contributed by atoms with Crippen LogP contribution >= 0.6 is 0 Å². The van der Waals surface area contributed by atoms with Gasteiger partial charge in [-0.25, -0.2) is 0 Å². The van der Waals surface area contributed by atoms with Crippen molar-refractivity contribution in [3.05, 3.63) is 12.7 Å². The summed E-state index contributed by atoms with van der Waals surface area (Å²) in [7, 11) is 0. The van der Waals surface area contributed by atoms with Crippen molar-refractivity contribution in [1.82, 2.24) is 10.6 Å². The van der Waals surface area contributed by atoms with Gasteiger partial charge in [0.1, 0.15) is 0 Å². The molecule has 0 aromatic heterocycles. The molecule has 1 aliphatic carbocycles. The van der Waals surface area contributed by atoms with Crippen LogP contribution in [0.1, 0.15) is 33.1 Å². The van der Waals surface area contributed by atoms with Crippen LogP contribution in [-0.2, 0) is 4.79 Å². The van der Waals surface area contributed by atoms with Gasteiger partial charge < -0.3 is 10.6 Å². The fraction of sp³-hybridized carbons (Fsp3) is 0.769. The Labute approximate surface area is 98.7 Å². The van der Waals surface area contributed by atoms with Gasteiger partial charge in [-0.05, 0) is 38.1 Å². The van der Waals surface area contributed by atoms with E-state index in [-0.39, 0.29) is 11.9 Å². The Balaban J connectivity index is 2.16. The topological polar surface area (TPSA) is 41.1 Å². The highest BCUT2D eigenvalue weighted by atomic mass is 16.2. The highest BCUT2D eigenvalue weighted by molar-refractivity contribution is 5.81. The molecule has 0 aromatic rings. The lowest BCUT2D eigenvalue weighted by Crippen LogP contribution is -2.43. The average Bonchev–Trinajstić information content (AvgIpc) is 2.68. The number of nitrogens with one attached hydrogen (secondary N) is 2. The summed E-state index contributed by atoms with van der Waals surface area (Å²) >= 11 is 0. The standard InChI is InChI=1S/C13H24N2O/c1-4-7-14-13(16)11(3)15-9-12-6-5-10(2)8-12/h4,10-12,15H,1,5-9H2,2-3H3,(H,14,16). The fourth-order valence-electron chi connectivity index (χ4n) is 2.27. The Morgan fingerprint density at radius 1 is 1.56 bits per heavy atom. The van der Waals surface area contributed by atoms with E-state index < -0.39 is 0 Å². The van der Waals surface area contributed by atoms with E-state index in [2.05, 4.69) is 24.1 Å². The monoisotopic (exact) mass is 224 g/mol. The van der Waals surface area contributed by atoms with Crippen molar-refractivity contribution in [2.24, 2.45) is 11.8 Å². The molecule has 0 spiro atoms. The third kappa shape index (κ3) is 4.35. The molecule has 1 saturated carbocycles. The lowest BCUT2D eigenvalue weighted by molar-refractivity contribution is -0.122. The van der Waals surface area contributed by atoms with Gasteiger partial charge in [0.05, 0.1) is 6.04 Å². The largest absolute Gasteiger partial charge is 0.351 e. The summed E-state index contributed by atoms with van der Waals surface area (Å²) in [5.41, 5.74) is 0. The SMILES string of the molecule is C=CCNC(=O)C(C)NCC1CCC(C)C1. The lowest BCUT2D eigenvalue weighted by Gasteiger charge is -2.16. The molecule has 2 N–H and O–H groups in total. The van der Waals surface area contributed by atoms with Crippen molar-refractivity contribution >= 4 is 5.91 Å². The maximum Gasteiger partial charge on any atom is 0.237 e. The molecule has 3 nitrogen and oxygen atoms in total. The number of rotatable bonds is 6. The van der Waals surface area contributed by atoms with Crippen molar-refractivity contribution in [2.75, 3.05) is 13.1 Å². The van der Waals surface area contributed by atoms with Crippen LogP contribution in [0.15, 0.2) is 12.7 Å². The summed E-state index contributed by atoms with van der Waals surface area (Å²) in [6, 6.07) is -0.101. The van der Waals surface area contributed by atoms with Gasteiger partial charge >= 0.3 is 0 Å². The smallest absolute Gasteiger partial charge is 0.237 e. The zero-order valence-corrected chi connectivity index (χ0v) is 10.5. The Hall–Kier alpha value is -0.830. The molecule has 3 unspecified atom stereocenters. The molecule has 1 rings (SSSR count). The quantitative estimate of drug-likeness (QED) is 0.674. The van der Waals surface area contributed by atoms with Crippen molar-refractivity contribution in [2.45, 2.75) is 39.2 Å². The first-order valence-electron chi connectivity index (χ1n) is 6.25. The first-order chi connectivity index (χ1) is 7.63. The minimum Gasteiger partial charge on any atom is -0.351 e. The van der Waals surface area contributed by atoms with Gasteiger partial charge in [0.25, 0.3) is 0 Å². The summed E-state index contributed by atoms with van der Waals surface area (Å²) in [6.45, 7) is 9.31. The van der Waals surface area contributed by atoms with Gasteiger partial charge in [-0.3, -0.25) is 4.79 Å². The summed E-state index contributed by atoms with van der Waals surface area (Å²) in [4.78, 5) is 11.5. The Bertz CT molecular complexity index is 240. The molecule has 0 aromatic carbocycles. The zero-order valence-electron chi connectivity index (χ0n) is 10.5. The second-order valence-electron chi connectivity index (χ2n) is 4.95. The Morgan fingerprint density at radius 3 is 2.88 bits per heavy atom. The number of carbonyl (C=O) groups excluding carboxylic acids is 1. The zero-order chi connectivity index (χ0) is 12.0. The predicted octanol–water partition coefficient (Wildman–Crippen LogP) is 1.70. The second kappa shape index (κ2) is 6.69. The summed E-state index contributed by atoms with van der Waals surface area (Å²) in [5, 5.41) is 6.10. The molecule has 0 saturated heterocycles. The van der Waals surface area contributed by atoms with Gasteiger partial charge in [0.2, 0.25) is 5.91 Å². The van der Waals surface area contributed by atoms with E-state index in [0.29, 0.717) is 6.54 Å². The van der Waals surface area contributed by atoms with E-state index in [4.69, 9.17) is 0 Å². The molecule has 0 heterocycles. The van der Waals surface area contributed by atoms with Crippen molar-refractivity contribution in [1.29, 1.82) is 0 Å². The van der Waals surface area contributed by atoms with Gasteiger partial charge in [-0.15, -0.1) is 6.58 Å². The van der Waals surface area contributed by atoms with Crippen molar-refractivity contribution in [3.63, 3.8) is 0 Å². The molecule has 0 radical (unpaired) electrons. The van der Waals surface area contributed by atoms with Crippen LogP contribution in [0.2, 0.25) is 0 Å². The first-order valence-corrected chi connectivity index (χ1v) is 6.25. The predicted molar refractivity (Wildman–Crippen MR) is 67.2 cm³/mol. The molecule has 92 valence electrons. The lowest BCUT2D eigenvalue weighted by atomic mass is 10.1. The maximum absolute atomic E-state index is 11.5. The fourth-order valence-corrected chi connectivity index (χ4v) is 2.27. The van der Waals surface area contributed by atoms with Crippen LogP contribution in [-0.4, -0.2) is 25.0 Å². The highest BCUT2D eigenvalue weighted by Gasteiger charge is 2.22. The van der Waals surface area contributed by atoms with Gasteiger partial charge in [-0.1, -0.05) is 19.4 Å². The summed E-state index contributed by atoms with van der Waals surface area (Å²) in [5.74, 6) is 1.67. The molecule has 0 aliphatic heterocycles. The molecular formula is C13H24N2O. The highest BCUT2D eigenvalue weighted by Crippen LogP contribution is 2.29. The molecule has 1 amide bonds. The third-order valence-corrected chi connectivity index (χ3v) is 3.33. The van der Waals surface area contributed by atoms with Crippen molar-refractivity contribution in [3.8, 4) is 0 Å². The maximum atomic E-state index is 11.5. The molecule has 3 heteroatoms. The molecular weight excluding hydrogens is 200 g/mol. The molecule has 0 bridgehead atoms. The van der Waals surface area contributed by atoms with Crippen LogP contribution in [0, 0.1) is 11.8 Å². The summed E-state index contributed by atoms with van der Waals surface area (Å²) in [6.07, 6.45) is 5.63. The molecule has 3 atom stereocenters. The van der Waals surface area contributed by atoms with Crippen LogP contribution in [0.25, 0.3) is 0 Å². The van der Waals surface area contributed by atoms with E-state index >= 15 is 0 Å². The van der Waals surface area contributed by atoms with Gasteiger partial charge in [0, 0.05) is 6.54 Å². The average molecular weight is 224 g/mol. The van der Waals surface area contributed by atoms with Crippen molar-refractivity contribution < 1.29 is 4.79 Å². The Kier molecular flexibility index (Phi) is 5.53. The molecule has 1 fully saturated rings. The minimum absolute atomic E-state index is 0.0611. The third-order valence-electron chi connectivity index (χ3n) is 3.33. The molecule has 1 aliphatic rings. The first kappa shape index (κ1) is 13.2. The number of carbonyl (C=O) groups is 1. The van der Waals surface area contributed by atoms with Gasteiger partial charge in [-0.2, -0.15) is 0 Å². The van der Waals surface area contributed by atoms with Crippen LogP contribution in [0.3, 0.4) is 0 Å². The Morgan fingerprint density at radius 2 is 2.31 bits per heavy atom. The van der Waals surface area contributed by atoms with E-state index in [9.17, 15) is 4.79 Å². The normalized spacial score (nSPS) is 26.4. The number of hydrogen-bond acceptors (Lipinski definition) is 2. The van der Waals surface area contributed by atoms with E-state index in [1.54, 1.807) is 6.08 Å². The van der Waals surface area contributed by atoms with E-state index in [1.165, 1.54) is 19.3 Å². The van der Waals surface area contributed by atoms with E-state index in [0.717, 1.165) is 18.4 Å². The van der Waals surface area contributed by atoms with Crippen LogP contribution < -0.4 is 10.6 Å². The molecule has 16 heavy (non-hydrogen) atoms. The second-order valence-corrected chi connectivity index (χ2v) is 4.95. The number of hydrogen-bond donors (Lipinski definition) is 2.